The molecule has 4 heterocycles. The largest absolute Gasteiger partial charge is 0.492 e. The van der Waals surface area contributed by atoms with Gasteiger partial charge in [0.05, 0.1) is 31.9 Å². The molecule has 3 aromatic heterocycles. The van der Waals surface area contributed by atoms with Crippen molar-refractivity contribution in [1.82, 2.24) is 29.7 Å². The minimum atomic E-state index is -0.397. The number of amides is 1. The molecule has 4 rings (SSSR count). The van der Waals surface area contributed by atoms with Gasteiger partial charge in [-0.1, -0.05) is 6.07 Å². The topological polar surface area (TPSA) is 121 Å². The maximum Gasteiger partial charge on any atom is 0.263 e. The Labute approximate surface area is 227 Å². The van der Waals surface area contributed by atoms with E-state index < -0.39 is 5.56 Å². The van der Waals surface area contributed by atoms with E-state index in [1.165, 1.54) is 11.7 Å². The average molecular weight is 547 g/mol. The van der Waals surface area contributed by atoms with E-state index in [0.29, 0.717) is 23.9 Å². The van der Waals surface area contributed by atoms with Crippen molar-refractivity contribution in [3.8, 4) is 23.1 Å². The van der Waals surface area contributed by atoms with Crippen LogP contribution in [-0.4, -0.2) is 82.9 Å². The number of nitrogens with one attached hydrogen (secondary N) is 1. The van der Waals surface area contributed by atoms with Gasteiger partial charge < -0.3 is 24.4 Å². The van der Waals surface area contributed by atoms with Gasteiger partial charge >= 0.3 is 0 Å². The Balaban J connectivity index is 0.00000400. The van der Waals surface area contributed by atoms with Gasteiger partial charge in [-0.05, 0) is 38.8 Å². The molecule has 3 aromatic rings. The molecule has 1 fully saturated rings. The van der Waals surface area contributed by atoms with E-state index in [1.807, 2.05) is 13.8 Å². The predicted octanol–water partition coefficient (Wildman–Crippen LogP) is 2.30. The van der Waals surface area contributed by atoms with Crippen molar-refractivity contribution in [3.05, 3.63) is 40.8 Å². The van der Waals surface area contributed by atoms with Crippen LogP contribution in [0.1, 0.15) is 26.7 Å². The minimum Gasteiger partial charge on any atom is -0.492 e. The number of ether oxygens (including phenoxy) is 3. The highest BCUT2D eigenvalue weighted by molar-refractivity contribution is 5.85. The molecular formula is C26H35ClN6O5. The summed E-state index contributed by atoms with van der Waals surface area (Å²) in [4.78, 5) is 42.0. The Morgan fingerprint density at radius 1 is 1.21 bits per heavy atom. The number of halogens is 1. The summed E-state index contributed by atoms with van der Waals surface area (Å²) in [6.45, 7) is 8.45. The first kappa shape index (κ1) is 29.3. The Morgan fingerprint density at radius 3 is 2.84 bits per heavy atom. The molecule has 0 aliphatic carbocycles. The van der Waals surface area contributed by atoms with E-state index in [2.05, 4.69) is 25.2 Å². The number of hydrogen-bond donors (Lipinski definition) is 1. The highest BCUT2D eigenvalue weighted by Crippen LogP contribution is 2.21. The molecule has 1 aliphatic rings. The molecule has 12 heteroatoms. The Bertz CT molecular complexity index is 1280. The minimum absolute atomic E-state index is 0. The van der Waals surface area contributed by atoms with Crippen molar-refractivity contribution in [2.45, 2.75) is 39.3 Å². The first-order valence-electron chi connectivity index (χ1n) is 12.6. The molecule has 0 spiro atoms. The summed E-state index contributed by atoms with van der Waals surface area (Å²) in [7, 11) is 1.51. The summed E-state index contributed by atoms with van der Waals surface area (Å²) >= 11 is 0. The van der Waals surface area contributed by atoms with Crippen LogP contribution in [-0.2, 0) is 16.1 Å². The van der Waals surface area contributed by atoms with Crippen LogP contribution in [0, 0.1) is 0 Å². The summed E-state index contributed by atoms with van der Waals surface area (Å²) in [5, 5.41) is 3.09. The van der Waals surface area contributed by atoms with Crippen LogP contribution in [0.3, 0.4) is 0 Å². The molecule has 0 radical (unpaired) electrons. The molecule has 1 saturated heterocycles. The zero-order valence-corrected chi connectivity index (χ0v) is 22.8. The molecule has 206 valence electrons. The number of nitrogens with zero attached hydrogens (tertiary/aromatic N) is 5. The highest BCUT2D eigenvalue weighted by Gasteiger charge is 2.19. The van der Waals surface area contributed by atoms with Crippen LogP contribution in [0.5, 0.6) is 11.6 Å². The second-order valence-corrected chi connectivity index (χ2v) is 9.17. The van der Waals surface area contributed by atoms with Crippen molar-refractivity contribution < 1.29 is 19.0 Å². The third-order valence-electron chi connectivity index (χ3n) is 5.90. The molecule has 1 N–H and O–H groups in total. The second-order valence-electron chi connectivity index (χ2n) is 9.17. The Morgan fingerprint density at radius 2 is 2.05 bits per heavy atom. The van der Waals surface area contributed by atoms with E-state index in [4.69, 9.17) is 14.2 Å². The Hall–Kier alpha value is -3.28. The summed E-state index contributed by atoms with van der Waals surface area (Å²) in [6, 6.07) is 6.72. The number of rotatable bonds is 10. The third kappa shape index (κ3) is 7.62. The third-order valence-corrected chi connectivity index (χ3v) is 5.90. The molecule has 0 atom stereocenters. The standard InChI is InChI=1S/C26H34N6O5.ClH/c1-18(2)28-22(33)17-32-25(21-7-4-8-23(29-21)35-3)30-24-20(26(32)34)15-19(16-27-24)37-13-6-10-31-9-5-12-36-14-11-31;/h4,7-8,15-16,18H,5-6,9-14,17H2,1-3H3,(H,28,33);1H. The smallest absolute Gasteiger partial charge is 0.263 e. The van der Waals surface area contributed by atoms with Crippen molar-refractivity contribution in [3.63, 3.8) is 0 Å². The summed E-state index contributed by atoms with van der Waals surface area (Å²) in [5.74, 6) is 0.782. The first-order chi connectivity index (χ1) is 17.9. The van der Waals surface area contributed by atoms with Gasteiger partial charge in [0.25, 0.3) is 5.56 Å². The van der Waals surface area contributed by atoms with Gasteiger partial charge in [0.15, 0.2) is 11.5 Å². The van der Waals surface area contributed by atoms with Crippen LogP contribution in [0.4, 0.5) is 0 Å². The van der Waals surface area contributed by atoms with E-state index in [9.17, 15) is 9.59 Å². The van der Waals surface area contributed by atoms with Gasteiger partial charge in [-0.2, -0.15) is 0 Å². The SMILES string of the molecule is COc1cccc(-c2nc3ncc(OCCCN4CCCOCC4)cc3c(=O)n2CC(=O)NC(C)C)n1.Cl. The van der Waals surface area contributed by atoms with Gasteiger partial charge in [0.1, 0.15) is 18.0 Å². The number of methoxy groups -OCH3 is 1. The zero-order valence-electron chi connectivity index (χ0n) is 22.0. The maximum absolute atomic E-state index is 13.6. The summed E-state index contributed by atoms with van der Waals surface area (Å²) < 4.78 is 17.9. The van der Waals surface area contributed by atoms with Crippen molar-refractivity contribution >= 4 is 29.3 Å². The average Bonchev–Trinajstić information content (AvgIpc) is 3.17. The fourth-order valence-electron chi connectivity index (χ4n) is 4.17. The first-order valence-corrected chi connectivity index (χ1v) is 12.6. The lowest BCUT2D eigenvalue weighted by atomic mass is 10.2. The second kappa shape index (κ2) is 14.0. The molecule has 11 nitrogen and oxygen atoms in total. The van der Waals surface area contributed by atoms with Crippen LogP contribution in [0.15, 0.2) is 35.3 Å². The highest BCUT2D eigenvalue weighted by atomic mass is 35.5. The van der Waals surface area contributed by atoms with Gasteiger partial charge in [0, 0.05) is 38.3 Å². The molecule has 0 saturated carbocycles. The molecule has 1 aliphatic heterocycles. The van der Waals surface area contributed by atoms with Crippen molar-refractivity contribution in [1.29, 1.82) is 0 Å². The van der Waals surface area contributed by atoms with E-state index in [1.54, 1.807) is 30.5 Å². The predicted molar refractivity (Wildman–Crippen MR) is 146 cm³/mol. The van der Waals surface area contributed by atoms with Crippen LogP contribution in [0.2, 0.25) is 0 Å². The number of carbonyl (C=O) groups excluding carboxylic acids is 1. The summed E-state index contributed by atoms with van der Waals surface area (Å²) in [6.07, 6.45) is 3.45. The number of hydrogen-bond acceptors (Lipinski definition) is 9. The van der Waals surface area contributed by atoms with Gasteiger partial charge in [0.2, 0.25) is 11.8 Å². The summed E-state index contributed by atoms with van der Waals surface area (Å²) in [5.41, 5.74) is 0.254. The number of pyridine rings is 2. The fraction of sp³-hybridized carbons (Fsp3) is 0.500. The number of fused-ring (bicyclic) bond motifs is 1. The quantitative estimate of drug-likeness (QED) is 0.382. The van der Waals surface area contributed by atoms with Gasteiger partial charge in [-0.3, -0.25) is 14.2 Å². The van der Waals surface area contributed by atoms with Crippen LogP contribution >= 0.6 is 12.4 Å². The lowest BCUT2D eigenvalue weighted by molar-refractivity contribution is -0.122. The van der Waals surface area contributed by atoms with Crippen molar-refractivity contribution in [2.24, 2.45) is 0 Å². The van der Waals surface area contributed by atoms with Crippen LogP contribution < -0.4 is 20.3 Å². The monoisotopic (exact) mass is 546 g/mol. The molecule has 0 aromatic carbocycles. The lowest BCUT2D eigenvalue weighted by Gasteiger charge is -2.18. The number of carbonyl (C=O) groups is 1. The maximum atomic E-state index is 13.6. The van der Waals surface area contributed by atoms with Crippen LogP contribution in [0.25, 0.3) is 22.6 Å². The molecule has 38 heavy (non-hydrogen) atoms. The van der Waals surface area contributed by atoms with E-state index in [0.717, 1.165) is 45.7 Å². The van der Waals surface area contributed by atoms with Gasteiger partial charge in [-0.15, -0.1) is 12.4 Å². The van der Waals surface area contributed by atoms with E-state index >= 15 is 0 Å². The normalized spacial score (nSPS) is 14.1. The van der Waals surface area contributed by atoms with Gasteiger partial charge in [-0.25, -0.2) is 15.0 Å². The molecule has 1 amide bonds. The Kier molecular flexibility index (Phi) is 10.8. The fourth-order valence-corrected chi connectivity index (χ4v) is 4.17. The molecule has 0 unspecified atom stereocenters. The van der Waals surface area contributed by atoms with E-state index in [-0.39, 0.29) is 47.8 Å². The van der Waals surface area contributed by atoms with Crippen molar-refractivity contribution in [2.75, 3.05) is 46.6 Å². The zero-order chi connectivity index (χ0) is 26.2. The molecular weight excluding hydrogens is 512 g/mol. The molecule has 0 bridgehead atoms. The lowest BCUT2D eigenvalue weighted by Crippen LogP contribution is -2.37. The number of aromatic nitrogens is 4.